The average molecular weight is 425 g/mol. The van der Waals surface area contributed by atoms with Gasteiger partial charge in [0.15, 0.2) is 5.11 Å². The van der Waals surface area contributed by atoms with Crippen LogP contribution in [0.2, 0.25) is 0 Å². The van der Waals surface area contributed by atoms with E-state index in [0.717, 1.165) is 24.4 Å². The molecule has 0 aliphatic rings. The second-order valence-electron chi connectivity index (χ2n) is 6.24. The van der Waals surface area contributed by atoms with E-state index in [1.807, 2.05) is 30.3 Å². The molecule has 0 bridgehead atoms. The smallest absolute Gasteiger partial charge is 0.295 e. The number of aromatic nitrogens is 2. The topological polar surface area (TPSA) is 130 Å². The van der Waals surface area contributed by atoms with Crippen LogP contribution in [0.25, 0.3) is 5.69 Å². The summed E-state index contributed by atoms with van der Waals surface area (Å²) < 4.78 is 3.19. The lowest BCUT2D eigenvalue weighted by Gasteiger charge is -2.09. The predicted octanol–water partition coefficient (Wildman–Crippen LogP) is 1.79. The van der Waals surface area contributed by atoms with Crippen LogP contribution < -0.4 is 21.4 Å². The van der Waals surface area contributed by atoms with Crippen molar-refractivity contribution in [2.75, 3.05) is 5.32 Å². The van der Waals surface area contributed by atoms with Crippen molar-refractivity contribution in [1.29, 1.82) is 0 Å². The first-order valence-corrected chi connectivity index (χ1v) is 9.10. The minimum absolute atomic E-state index is 0.0233. The summed E-state index contributed by atoms with van der Waals surface area (Å²) in [5.74, 6) is -0.422. The summed E-state index contributed by atoms with van der Waals surface area (Å²) >= 11 is 5.16. The molecule has 2 aromatic carbocycles. The molecule has 0 unspecified atom stereocenters. The molecule has 154 valence electrons. The highest BCUT2D eigenvalue weighted by Crippen LogP contribution is 2.19. The van der Waals surface area contributed by atoms with Crippen LogP contribution in [0.4, 0.5) is 11.4 Å². The molecule has 30 heavy (non-hydrogen) atoms. The van der Waals surface area contributed by atoms with Gasteiger partial charge in [-0.05, 0) is 36.8 Å². The largest absolute Gasteiger partial charge is 0.872 e. The third-order valence-electron chi connectivity index (χ3n) is 4.37. The zero-order valence-electron chi connectivity index (χ0n) is 16.0. The van der Waals surface area contributed by atoms with Crippen molar-refractivity contribution in [3.8, 4) is 11.4 Å². The number of nitrogens with zero attached hydrogens (tertiary/aromatic N) is 4. The second kappa shape index (κ2) is 8.57. The van der Waals surface area contributed by atoms with Crippen LogP contribution >= 0.6 is 12.2 Å². The van der Waals surface area contributed by atoms with Gasteiger partial charge in [-0.3, -0.25) is 25.0 Å². The number of benzene rings is 2. The summed E-state index contributed by atoms with van der Waals surface area (Å²) in [7, 11) is 1.75. The van der Waals surface area contributed by atoms with Crippen molar-refractivity contribution in [3.05, 3.63) is 80.3 Å². The fourth-order valence-corrected chi connectivity index (χ4v) is 2.92. The molecule has 3 rings (SSSR count). The van der Waals surface area contributed by atoms with Gasteiger partial charge in [-0.15, -0.1) is 0 Å². The Balaban J connectivity index is 1.76. The van der Waals surface area contributed by atoms with Crippen LogP contribution in [0.15, 0.2) is 58.4 Å². The molecule has 0 aliphatic carbocycles. The molecule has 0 atom stereocenters. The molecule has 0 saturated carbocycles. The summed E-state index contributed by atoms with van der Waals surface area (Å²) in [6, 6.07) is 12.5. The monoisotopic (exact) mass is 425 g/mol. The third kappa shape index (κ3) is 4.20. The van der Waals surface area contributed by atoms with Crippen LogP contribution in [-0.4, -0.2) is 25.6 Å². The van der Waals surface area contributed by atoms with Crippen LogP contribution in [-0.2, 0) is 7.05 Å². The fourth-order valence-electron chi connectivity index (χ4n) is 2.76. The molecule has 3 aromatic rings. The summed E-state index contributed by atoms with van der Waals surface area (Å²) in [5.41, 5.74) is 3.63. The van der Waals surface area contributed by atoms with E-state index in [-0.39, 0.29) is 27.6 Å². The summed E-state index contributed by atoms with van der Waals surface area (Å²) in [6.07, 6.45) is 1.13. The van der Waals surface area contributed by atoms with Crippen molar-refractivity contribution < 1.29 is 10.0 Å². The van der Waals surface area contributed by atoms with E-state index in [9.17, 15) is 20.0 Å². The lowest BCUT2D eigenvalue weighted by atomic mass is 10.2. The van der Waals surface area contributed by atoms with Gasteiger partial charge in [0.2, 0.25) is 0 Å². The number of thiocarbonyl (C=S) groups is 1. The number of nitrogens with one attached hydrogen (secondary N) is 2. The molecular weight excluding hydrogens is 408 g/mol. The molecule has 0 radical (unpaired) electrons. The molecule has 1 aromatic heterocycles. The number of hydrazone groups is 1. The summed E-state index contributed by atoms with van der Waals surface area (Å²) in [6.45, 7) is 1.77. The number of non-ortho nitro benzene ring substituents is 1. The molecule has 0 saturated heterocycles. The van der Waals surface area contributed by atoms with Gasteiger partial charge in [0.05, 0.1) is 22.5 Å². The number of nitro benzene ring substituents is 1. The van der Waals surface area contributed by atoms with Crippen molar-refractivity contribution in [1.82, 2.24) is 14.8 Å². The van der Waals surface area contributed by atoms with Gasteiger partial charge in [0.1, 0.15) is 5.69 Å². The van der Waals surface area contributed by atoms with Crippen LogP contribution in [0.3, 0.4) is 0 Å². The molecule has 0 amide bonds. The maximum Gasteiger partial charge on any atom is 0.295 e. The quantitative estimate of drug-likeness (QED) is 0.276. The number of para-hydroxylation sites is 1. The van der Waals surface area contributed by atoms with Gasteiger partial charge in [-0.25, -0.2) is 4.68 Å². The van der Waals surface area contributed by atoms with Gasteiger partial charge in [-0.2, -0.15) is 5.10 Å². The Morgan fingerprint density at radius 2 is 1.93 bits per heavy atom. The molecule has 2 N–H and O–H groups in total. The molecule has 0 fully saturated rings. The SMILES string of the molecule is Cc1c(NC(=S)N/N=C\c2cc([N+](=O)[O-])ccc2[O-])c(=O)n(-c2ccccc2)n1C. The predicted molar refractivity (Wildman–Crippen MR) is 115 cm³/mol. The van der Waals surface area contributed by atoms with Crippen LogP contribution in [0, 0.1) is 17.0 Å². The number of hydrogen-bond acceptors (Lipinski definition) is 6. The lowest BCUT2D eigenvalue weighted by Crippen LogP contribution is -2.28. The summed E-state index contributed by atoms with van der Waals surface area (Å²) in [4.78, 5) is 23.1. The Hall–Kier alpha value is -3.99. The molecule has 0 aliphatic heterocycles. The normalized spacial score (nSPS) is 10.9. The first kappa shape index (κ1) is 20.7. The van der Waals surface area contributed by atoms with Gasteiger partial charge in [-0.1, -0.05) is 30.0 Å². The van der Waals surface area contributed by atoms with Gasteiger partial charge in [0, 0.05) is 19.2 Å². The standard InChI is InChI=1S/C19H18N6O4S/c1-12-17(18(27)24(23(12)2)14-6-4-3-5-7-14)21-19(30)22-20-11-13-10-15(25(28)29)8-9-16(13)26/h3-11,26H,1-2H3,(H2,21,22,30)/p-1/b20-11-. The van der Waals surface area contributed by atoms with Crippen molar-refractivity contribution in [2.45, 2.75) is 6.92 Å². The van der Waals surface area contributed by atoms with E-state index < -0.39 is 10.7 Å². The Morgan fingerprint density at radius 1 is 1.23 bits per heavy atom. The highest BCUT2D eigenvalue weighted by atomic mass is 32.1. The maximum absolute atomic E-state index is 12.8. The van der Waals surface area contributed by atoms with Crippen LogP contribution in [0.5, 0.6) is 5.75 Å². The van der Waals surface area contributed by atoms with E-state index in [2.05, 4.69) is 15.8 Å². The summed E-state index contributed by atoms with van der Waals surface area (Å²) in [5, 5.41) is 29.3. The Labute approximate surface area is 176 Å². The van der Waals surface area contributed by atoms with Gasteiger partial charge in [0.25, 0.3) is 11.2 Å². The molecule has 1 heterocycles. The molecular formula is C19H17N6O4S-. The van der Waals surface area contributed by atoms with Crippen molar-refractivity contribution >= 4 is 34.9 Å². The number of anilines is 1. The molecule has 11 heteroatoms. The van der Waals surface area contributed by atoms with E-state index in [4.69, 9.17) is 12.2 Å². The minimum atomic E-state index is -0.605. The number of rotatable bonds is 5. The minimum Gasteiger partial charge on any atom is -0.872 e. The fraction of sp³-hybridized carbons (Fsp3) is 0.105. The zero-order valence-corrected chi connectivity index (χ0v) is 16.8. The van der Waals surface area contributed by atoms with Crippen molar-refractivity contribution in [3.63, 3.8) is 0 Å². The highest BCUT2D eigenvalue weighted by Gasteiger charge is 2.16. The Kier molecular flexibility index (Phi) is 5.93. The van der Waals surface area contributed by atoms with E-state index in [0.29, 0.717) is 11.4 Å². The lowest BCUT2D eigenvalue weighted by molar-refractivity contribution is -0.385. The average Bonchev–Trinajstić information content (AvgIpc) is 2.93. The van der Waals surface area contributed by atoms with E-state index >= 15 is 0 Å². The molecule has 0 spiro atoms. The highest BCUT2D eigenvalue weighted by molar-refractivity contribution is 7.80. The zero-order chi connectivity index (χ0) is 21.8. The van der Waals surface area contributed by atoms with E-state index in [1.165, 1.54) is 4.68 Å². The maximum atomic E-state index is 12.8. The molecule has 10 nitrogen and oxygen atoms in total. The van der Waals surface area contributed by atoms with Gasteiger partial charge < -0.3 is 10.4 Å². The van der Waals surface area contributed by atoms with Crippen LogP contribution in [0.1, 0.15) is 11.3 Å². The van der Waals surface area contributed by atoms with Gasteiger partial charge >= 0.3 is 0 Å². The van der Waals surface area contributed by atoms with Crippen molar-refractivity contribution in [2.24, 2.45) is 12.1 Å². The first-order valence-electron chi connectivity index (χ1n) is 8.69. The number of hydrogen-bond donors (Lipinski definition) is 2. The third-order valence-corrected chi connectivity index (χ3v) is 4.56. The van der Waals surface area contributed by atoms with E-state index in [1.54, 1.807) is 18.7 Å². The Bertz CT molecular complexity index is 1200. The first-order chi connectivity index (χ1) is 14.3. The second-order valence-corrected chi connectivity index (χ2v) is 6.65. The Morgan fingerprint density at radius 3 is 2.60 bits per heavy atom. The number of nitro groups is 1.